The largest absolute Gasteiger partial charge is 0.490 e. The summed E-state index contributed by atoms with van der Waals surface area (Å²) in [7, 11) is -1.68. The Balaban J connectivity index is 2.59. The highest BCUT2D eigenvalue weighted by atomic mass is 35.5. The standard InChI is InChI=1S/C16H23ClO2Si/c1-16(2,3)20(4,5)10-9-14(18)12-19-15-8-6-7-13(17)11-15/h6-8,11,14,18H,12H2,1-5H3. The summed E-state index contributed by atoms with van der Waals surface area (Å²) in [5.74, 6) is 3.57. The Morgan fingerprint density at radius 1 is 1.35 bits per heavy atom. The zero-order valence-corrected chi connectivity index (χ0v) is 14.6. The molecule has 0 aromatic heterocycles. The summed E-state index contributed by atoms with van der Waals surface area (Å²) < 4.78 is 5.48. The molecule has 0 saturated carbocycles. The van der Waals surface area contributed by atoms with Crippen LogP contribution in [0.3, 0.4) is 0 Å². The van der Waals surface area contributed by atoms with Gasteiger partial charge in [-0.05, 0) is 23.2 Å². The minimum Gasteiger partial charge on any atom is -0.490 e. The van der Waals surface area contributed by atoms with Crippen molar-refractivity contribution < 1.29 is 9.84 Å². The maximum atomic E-state index is 9.90. The topological polar surface area (TPSA) is 29.5 Å². The highest BCUT2D eigenvalue weighted by molar-refractivity contribution is 6.87. The van der Waals surface area contributed by atoms with Gasteiger partial charge in [-0.3, -0.25) is 0 Å². The Bertz CT molecular complexity index is 509. The van der Waals surface area contributed by atoms with Gasteiger partial charge in [0.1, 0.15) is 26.5 Å². The van der Waals surface area contributed by atoms with E-state index in [9.17, 15) is 5.11 Å². The van der Waals surface area contributed by atoms with Gasteiger partial charge in [0.15, 0.2) is 0 Å². The van der Waals surface area contributed by atoms with Crippen molar-refractivity contribution >= 4 is 19.7 Å². The second-order valence-electron chi connectivity index (χ2n) is 6.43. The van der Waals surface area contributed by atoms with Crippen molar-refractivity contribution in [2.75, 3.05) is 6.61 Å². The molecule has 1 unspecified atom stereocenters. The molecule has 0 aliphatic rings. The fourth-order valence-electron chi connectivity index (χ4n) is 1.22. The second-order valence-corrected chi connectivity index (χ2v) is 11.9. The van der Waals surface area contributed by atoms with Crippen LogP contribution in [-0.4, -0.2) is 25.9 Å². The first-order valence-electron chi connectivity index (χ1n) is 6.71. The van der Waals surface area contributed by atoms with Crippen LogP contribution in [0.4, 0.5) is 0 Å². The number of aliphatic hydroxyl groups excluding tert-OH is 1. The summed E-state index contributed by atoms with van der Waals surface area (Å²) in [5, 5.41) is 10.7. The van der Waals surface area contributed by atoms with Gasteiger partial charge in [0.2, 0.25) is 0 Å². The average Bonchev–Trinajstić information content (AvgIpc) is 2.33. The number of hydrogen-bond donors (Lipinski definition) is 1. The van der Waals surface area contributed by atoms with Gasteiger partial charge in [-0.2, -0.15) is 0 Å². The monoisotopic (exact) mass is 310 g/mol. The first-order valence-corrected chi connectivity index (χ1v) is 10.1. The van der Waals surface area contributed by atoms with Crippen LogP contribution >= 0.6 is 11.6 Å². The third-order valence-electron chi connectivity index (χ3n) is 3.63. The molecule has 1 aromatic rings. The molecule has 0 spiro atoms. The van der Waals surface area contributed by atoms with E-state index in [1.807, 2.05) is 6.07 Å². The van der Waals surface area contributed by atoms with E-state index in [2.05, 4.69) is 45.3 Å². The molecule has 0 saturated heterocycles. The number of aliphatic hydroxyl groups is 1. The van der Waals surface area contributed by atoms with Crippen molar-refractivity contribution in [1.29, 1.82) is 0 Å². The van der Waals surface area contributed by atoms with E-state index in [-0.39, 0.29) is 11.6 Å². The molecule has 0 bridgehead atoms. The van der Waals surface area contributed by atoms with E-state index in [0.29, 0.717) is 10.8 Å². The number of benzene rings is 1. The number of hydrogen-bond acceptors (Lipinski definition) is 2. The lowest BCUT2D eigenvalue weighted by Gasteiger charge is -2.31. The van der Waals surface area contributed by atoms with Crippen LogP contribution in [0.15, 0.2) is 24.3 Å². The molecule has 0 amide bonds. The molecular formula is C16H23ClO2Si. The maximum absolute atomic E-state index is 9.90. The minimum atomic E-state index is -1.68. The molecule has 0 fully saturated rings. The van der Waals surface area contributed by atoms with E-state index in [1.165, 1.54) is 0 Å². The normalized spacial score (nSPS) is 13.3. The predicted molar refractivity (Wildman–Crippen MR) is 87.9 cm³/mol. The van der Waals surface area contributed by atoms with Gasteiger partial charge in [0.25, 0.3) is 0 Å². The van der Waals surface area contributed by atoms with Crippen LogP contribution in [0, 0.1) is 11.5 Å². The minimum absolute atomic E-state index is 0.155. The first-order chi connectivity index (χ1) is 9.12. The lowest BCUT2D eigenvalue weighted by molar-refractivity contribution is 0.151. The zero-order valence-electron chi connectivity index (χ0n) is 12.8. The summed E-state index contributed by atoms with van der Waals surface area (Å²) in [6.45, 7) is 11.2. The van der Waals surface area contributed by atoms with Crippen LogP contribution in [-0.2, 0) is 0 Å². The fourth-order valence-corrected chi connectivity index (χ4v) is 2.31. The Labute approximate surface area is 128 Å². The highest BCUT2D eigenvalue weighted by Crippen LogP contribution is 2.35. The quantitative estimate of drug-likeness (QED) is 0.672. The van der Waals surface area contributed by atoms with E-state index in [0.717, 1.165) is 0 Å². The van der Waals surface area contributed by atoms with Crippen molar-refractivity contribution in [3.63, 3.8) is 0 Å². The Morgan fingerprint density at radius 3 is 2.55 bits per heavy atom. The van der Waals surface area contributed by atoms with E-state index in [4.69, 9.17) is 16.3 Å². The molecule has 1 aromatic carbocycles. The van der Waals surface area contributed by atoms with Gasteiger partial charge in [-0.15, -0.1) is 5.54 Å². The molecule has 0 aliphatic heterocycles. The van der Waals surface area contributed by atoms with Gasteiger partial charge in [0, 0.05) is 5.02 Å². The van der Waals surface area contributed by atoms with Crippen LogP contribution < -0.4 is 4.74 Å². The van der Waals surface area contributed by atoms with Gasteiger partial charge in [0.05, 0.1) is 0 Å². The molecule has 20 heavy (non-hydrogen) atoms. The van der Waals surface area contributed by atoms with Crippen LogP contribution in [0.1, 0.15) is 20.8 Å². The van der Waals surface area contributed by atoms with Crippen LogP contribution in [0.5, 0.6) is 5.75 Å². The molecule has 0 radical (unpaired) electrons. The van der Waals surface area contributed by atoms with Gasteiger partial charge in [-0.25, -0.2) is 0 Å². The second kappa shape index (κ2) is 6.67. The summed E-state index contributed by atoms with van der Waals surface area (Å²) in [4.78, 5) is 0. The maximum Gasteiger partial charge on any atom is 0.147 e. The Hall–Kier alpha value is -0.953. The summed E-state index contributed by atoms with van der Waals surface area (Å²) >= 11 is 5.87. The smallest absolute Gasteiger partial charge is 0.147 e. The average molecular weight is 311 g/mol. The van der Waals surface area contributed by atoms with E-state index >= 15 is 0 Å². The van der Waals surface area contributed by atoms with E-state index in [1.54, 1.807) is 18.2 Å². The van der Waals surface area contributed by atoms with Gasteiger partial charge < -0.3 is 9.84 Å². The molecule has 1 rings (SSSR count). The van der Waals surface area contributed by atoms with Crippen molar-refractivity contribution in [1.82, 2.24) is 0 Å². The molecule has 1 atom stereocenters. The lowest BCUT2D eigenvalue weighted by atomic mass is 10.2. The fraction of sp³-hybridized carbons (Fsp3) is 0.500. The highest BCUT2D eigenvalue weighted by Gasteiger charge is 2.33. The Kier molecular flexibility index (Phi) is 5.70. The molecule has 2 nitrogen and oxygen atoms in total. The zero-order chi connectivity index (χ0) is 15.4. The predicted octanol–water partition coefficient (Wildman–Crippen LogP) is 4.13. The van der Waals surface area contributed by atoms with Gasteiger partial charge >= 0.3 is 0 Å². The van der Waals surface area contributed by atoms with Crippen LogP contribution in [0.2, 0.25) is 23.2 Å². The van der Waals surface area contributed by atoms with Crippen molar-refractivity contribution in [2.24, 2.45) is 0 Å². The number of rotatable bonds is 3. The lowest BCUT2D eigenvalue weighted by Crippen LogP contribution is -2.36. The van der Waals surface area contributed by atoms with E-state index < -0.39 is 14.2 Å². The SMILES string of the molecule is CC(C)(C)[Si](C)(C)C#CC(O)COc1cccc(Cl)c1. The molecule has 4 heteroatoms. The molecule has 0 heterocycles. The molecule has 110 valence electrons. The van der Waals surface area contributed by atoms with Gasteiger partial charge in [-0.1, -0.05) is 57.5 Å². The summed E-state index contributed by atoms with van der Waals surface area (Å²) in [6.07, 6.45) is -0.775. The number of ether oxygens (including phenoxy) is 1. The molecule has 1 N–H and O–H groups in total. The Morgan fingerprint density at radius 2 is 2.00 bits per heavy atom. The molecule has 0 aliphatic carbocycles. The van der Waals surface area contributed by atoms with Crippen molar-refractivity contribution in [3.8, 4) is 17.2 Å². The number of halogens is 1. The summed E-state index contributed by atoms with van der Waals surface area (Å²) in [6, 6.07) is 7.11. The van der Waals surface area contributed by atoms with Crippen LogP contribution in [0.25, 0.3) is 0 Å². The third kappa shape index (κ3) is 5.20. The summed E-state index contributed by atoms with van der Waals surface area (Å²) in [5.41, 5.74) is 3.28. The van der Waals surface area contributed by atoms with Crippen molar-refractivity contribution in [3.05, 3.63) is 29.3 Å². The first kappa shape index (κ1) is 17.1. The third-order valence-corrected chi connectivity index (χ3v) is 8.38. The molecular weight excluding hydrogens is 288 g/mol. The van der Waals surface area contributed by atoms with Crippen molar-refractivity contribution in [2.45, 2.75) is 45.0 Å².